The number of nitro benzene ring substituents is 1. The zero-order valence-electron chi connectivity index (χ0n) is 16.3. The quantitative estimate of drug-likeness (QED) is 0.411. The zero-order valence-corrected chi connectivity index (χ0v) is 17.1. The molecular weight excluding hydrogens is 430 g/mol. The molecule has 0 radical (unpaired) electrons. The number of carboxylic acid groups (broad SMARTS) is 2. The molecule has 1 amide bonds. The normalized spacial score (nSPS) is 13.6. The molecular formula is C20H20ClN3O7. The summed E-state index contributed by atoms with van der Waals surface area (Å²) in [7, 11) is 0. The van der Waals surface area contributed by atoms with E-state index in [1.165, 1.54) is 24.3 Å². The number of non-ortho nitro benzene ring substituents is 1. The molecule has 1 saturated heterocycles. The molecule has 2 N–H and O–H groups in total. The minimum Gasteiger partial charge on any atom is -0.473 e. The fraction of sp³-hybridized carbons (Fsp3) is 0.250. The summed E-state index contributed by atoms with van der Waals surface area (Å²) in [6.07, 6.45) is 0. The Balaban J connectivity index is 0.000000501. The molecule has 1 heterocycles. The van der Waals surface area contributed by atoms with Crippen molar-refractivity contribution < 1.29 is 29.5 Å². The van der Waals surface area contributed by atoms with Gasteiger partial charge in [0.1, 0.15) is 0 Å². The number of piperazine rings is 1. The number of carbonyl (C=O) groups excluding carboxylic acids is 1. The molecule has 164 valence electrons. The number of halogens is 1. The maximum absolute atomic E-state index is 12.5. The van der Waals surface area contributed by atoms with Crippen molar-refractivity contribution in [2.24, 2.45) is 0 Å². The van der Waals surface area contributed by atoms with E-state index in [1.807, 2.05) is 24.3 Å². The minimum absolute atomic E-state index is 0.0129. The fourth-order valence-corrected chi connectivity index (χ4v) is 3.08. The third-order valence-electron chi connectivity index (χ3n) is 4.52. The van der Waals surface area contributed by atoms with Crippen molar-refractivity contribution in [2.45, 2.75) is 6.54 Å². The van der Waals surface area contributed by atoms with Gasteiger partial charge in [0.2, 0.25) is 0 Å². The van der Waals surface area contributed by atoms with Crippen LogP contribution in [-0.4, -0.2) is 69.0 Å². The first-order valence-corrected chi connectivity index (χ1v) is 9.52. The summed E-state index contributed by atoms with van der Waals surface area (Å²) >= 11 is 6.20. The standard InChI is InChI=1S/C18H18ClN3O3.C2H2O4/c19-17-4-2-1-3-15(17)13-20-9-11-21(12-10-20)18(23)14-5-7-16(8-6-14)22(24)25;3-1(4)2(5)6/h1-8H,9-13H2;(H,3,4)(H,5,6). The molecule has 11 heteroatoms. The van der Waals surface area contributed by atoms with E-state index in [0.29, 0.717) is 18.7 Å². The van der Waals surface area contributed by atoms with Crippen LogP contribution in [0.2, 0.25) is 5.02 Å². The van der Waals surface area contributed by atoms with Crippen LogP contribution in [0.1, 0.15) is 15.9 Å². The Hall–Kier alpha value is -3.50. The van der Waals surface area contributed by atoms with E-state index >= 15 is 0 Å². The van der Waals surface area contributed by atoms with Gasteiger partial charge in [0.15, 0.2) is 0 Å². The highest BCUT2D eigenvalue weighted by Crippen LogP contribution is 2.19. The van der Waals surface area contributed by atoms with E-state index in [-0.39, 0.29) is 11.6 Å². The molecule has 0 unspecified atom stereocenters. The van der Waals surface area contributed by atoms with Crippen LogP contribution in [0.5, 0.6) is 0 Å². The number of nitrogens with zero attached hydrogens (tertiary/aromatic N) is 3. The molecule has 3 rings (SSSR count). The smallest absolute Gasteiger partial charge is 0.414 e. The molecule has 10 nitrogen and oxygen atoms in total. The molecule has 0 bridgehead atoms. The number of rotatable bonds is 4. The number of amides is 1. The fourth-order valence-electron chi connectivity index (χ4n) is 2.88. The number of benzene rings is 2. The third kappa shape index (κ3) is 7.05. The van der Waals surface area contributed by atoms with Crippen LogP contribution < -0.4 is 0 Å². The highest BCUT2D eigenvalue weighted by Gasteiger charge is 2.23. The van der Waals surface area contributed by atoms with Crippen molar-refractivity contribution >= 4 is 35.1 Å². The van der Waals surface area contributed by atoms with Gasteiger partial charge >= 0.3 is 11.9 Å². The van der Waals surface area contributed by atoms with Gasteiger partial charge in [-0.25, -0.2) is 9.59 Å². The van der Waals surface area contributed by atoms with Gasteiger partial charge in [-0.15, -0.1) is 0 Å². The molecule has 2 aromatic rings. The molecule has 31 heavy (non-hydrogen) atoms. The Bertz CT molecular complexity index is 946. The van der Waals surface area contributed by atoms with E-state index in [2.05, 4.69) is 4.90 Å². The maximum atomic E-state index is 12.5. The number of carboxylic acids is 2. The van der Waals surface area contributed by atoms with Crippen LogP contribution in [0.4, 0.5) is 5.69 Å². The molecule has 0 saturated carbocycles. The zero-order chi connectivity index (χ0) is 23.0. The lowest BCUT2D eigenvalue weighted by atomic mass is 10.1. The summed E-state index contributed by atoms with van der Waals surface area (Å²) in [5.41, 5.74) is 1.55. The predicted octanol–water partition coefficient (Wildman–Crippen LogP) is 2.36. The van der Waals surface area contributed by atoms with Crippen molar-refractivity contribution in [3.63, 3.8) is 0 Å². The van der Waals surface area contributed by atoms with Crippen LogP contribution in [-0.2, 0) is 16.1 Å². The summed E-state index contributed by atoms with van der Waals surface area (Å²) in [6.45, 7) is 3.55. The Morgan fingerprint density at radius 1 is 0.935 bits per heavy atom. The first-order valence-electron chi connectivity index (χ1n) is 9.14. The van der Waals surface area contributed by atoms with Crippen molar-refractivity contribution in [1.82, 2.24) is 9.80 Å². The van der Waals surface area contributed by atoms with Crippen LogP contribution >= 0.6 is 11.6 Å². The second-order valence-electron chi connectivity index (χ2n) is 6.57. The van der Waals surface area contributed by atoms with Crippen molar-refractivity contribution in [2.75, 3.05) is 26.2 Å². The first-order chi connectivity index (χ1) is 14.7. The second kappa shape index (κ2) is 11.0. The average Bonchev–Trinajstić information content (AvgIpc) is 2.76. The minimum atomic E-state index is -1.82. The summed E-state index contributed by atoms with van der Waals surface area (Å²) < 4.78 is 0. The lowest BCUT2D eigenvalue weighted by molar-refractivity contribution is -0.384. The van der Waals surface area contributed by atoms with Crippen LogP contribution in [0.25, 0.3) is 0 Å². The monoisotopic (exact) mass is 449 g/mol. The van der Waals surface area contributed by atoms with Crippen LogP contribution in [0.15, 0.2) is 48.5 Å². The SMILES string of the molecule is O=C(O)C(=O)O.O=C(c1ccc([N+](=O)[O-])cc1)N1CCN(Cc2ccccc2Cl)CC1. The molecule has 2 aromatic carbocycles. The Labute approximate surface area is 182 Å². The molecule has 1 fully saturated rings. The van der Waals surface area contributed by atoms with Gasteiger partial charge in [0.25, 0.3) is 11.6 Å². The molecule has 0 spiro atoms. The number of nitro groups is 1. The van der Waals surface area contributed by atoms with Gasteiger partial charge < -0.3 is 15.1 Å². The van der Waals surface area contributed by atoms with Gasteiger partial charge in [0.05, 0.1) is 4.92 Å². The number of carbonyl (C=O) groups is 3. The average molecular weight is 450 g/mol. The predicted molar refractivity (Wildman–Crippen MR) is 111 cm³/mol. The van der Waals surface area contributed by atoms with Gasteiger partial charge in [-0.1, -0.05) is 29.8 Å². The summed E-state index contributed by atoms with van der Waals surface area (Å²) in [6, 6.07) is 13.5. The van der Waals surface area contributed by atoms with E-state index in [9.17, 15) is 14.9 Å². The van der Waals surface area contributed by atoms with E-state index in [0.717, 1.165) is 30.2 Å². The van der Waals surface area contributed by atoms with E-state index < -0.39 is 16.9 Å². The molecule has 0 atom stereocenters. The van der Waals surface area contributed by atoms with Crippen molar-refractivity contribution in [3.05, 3.63) is 74.8 Å². The highest BCUT2D eigenvalue weighted by molar-refractivity contribution is 6.31. The number of aliphatic carboxylic acids is 2. The second-order valence-corrected chi connectivity index (χ2v) is 6.98. The Morgan fingerprint density at radius 3 is 1.97 bits per heavy atom. The summed E-state index contributed by atoms with van der Waals surface area (Å²) in [4.78, 5) is 45.0. The van der Waals surface area contributed by atoms with Crippen LogP contribution in [0, 0.1) is 10.1 Å². The van der Waals surface area contributed by atoms with Gasteiger partial charge in [-0.05, 0) is 23.8 Å². The molecule has 1 aliphatic rings. The Kier molecular flexibility index (Phi) is 8.47. The highest BCUT2D eigenvalue weighted by atomic mass is 35.5. The first kappa shape index (κ1) is 23.8. The molecule has 0 aliphatic carbocycles. The van der Waals surface area contributed by atoms with Crippen molar-refractivity contribution in [3.8, 4) is 0 Å². The van der Waals surface area contributed by atoms with Gasteiger partial charge in [-0.3, -0.25) is 19.8 Å². The Morgan fingerprint density at radius 2 is 1.48 bits per heavy atom. The third-order valence-corrected chi connectivity index (χ3v) is 4.89. The largest absolute Gasteiger partial charge is 0.473 e. The lowest BCUT2D eigenvalue weighted by Gasteiger charge is -2.35. The van der Waals surface area contributed by atoms with Gasteiger partial charge in [-0.2, -0.15) is 0 Å². The van der Waals surface area contributed by atoms with Gasteiger partial charge in [0, 0.05) is 55.4 Å². The maximum Gasteiger partial charge on any atom is 0.414 e. The molecule has 0 aromatic heterocycles. The van der Waals surface area contributed by atoms with E-state index in [4.69, 9.17) is 31.4 Å². The van der Waals surface area contributed by atoms with E-state index in [1.54, 1.807) is 4.90 Å². The lowest BCUT2D eigenvalue weighted by Crippen LogP contribution is -2.48. The van der Waals surface area contributed by atoms with Crippen LogP contribution in [0.3, 0.4) is 0 Å². The molecule has 1 aliphatic heterocycles. The number of hydrogen-bond donors (Lipinski definition) is 2. The summed E-state index contributed by atoms with van der Waals surface area (Å²) in [5.74, 6) is -3.74. The number of hydrogen-bond acceptors (Lipinski definition) is 6. The summed E-state index contributed by atoms with van der Waals surface area (Å²) in [5, 5.41) is 26.2. The van der Waals surface area contributed by atoms with Crippen molar-refractivity contribution in [1.29, 1.82) is 0 Å². The topological polar surface area (TPSA) is 141 Å².